The van der Waals surface area contributed by atoms with E-state index in [1.165, 1.54) is 16.7 Å². The molecular formula is C41H35IN2O2. The molecule has 1 unspecified atom stereocenters. The quantitative estimate of drug-likeness (QED) is 0.103. The summed E-state index contributed by atoms with van der Waals surface area (Å²) in [6, 6.07) is 42.6. The molecule has 2 aliphatic rings. The zero-order chi connectivity index (χ0) is 31.6. The topological polar surface area (TPSA) is 24.9 Å². The first kappa shape index (κ1) is 29.9. The first-order chi connectivity index (χ1) is 22.6. The van der Waals surface area contributed by atoms with E-state index < -0.39 is 0 Å². The predicted octanol–water partition coefficient (Wildman–Crippen LogP) is 11.4. The summed E-state index contributed by atoms with van der Waals surface area (Å²) in [5.41, 5.74) is 11.1. The van der Waals surface area contributed by atoms with Crippen LogP contribution in [0.4, 0.5) is 22.7 Å². The fraction of sp³-hybridized carbons (Fsp3) is 0.122. The summed E-state index contributed by atoms with van der Waals surface area (Å²) in [4.78, 5) is 8.96. The van der Waals surface area contributed by atoms with Crippen molar-refractivity contribution >= 4 is 45.3 Å². The van der Waals surface area contributed by atoms with Crippen molar-refractivity contribution in [3.05, 3.63) is 174 Å². The summed E-state index contributed by atoms with van der Waals surface area (Å²) in [7, 11) is 0. The van der Waals surface area contributed by atoms with E-state index in [4.69, 9.17) is 9.57 Å². The Morgan fingerprint density at radius 3 is 2.13 bits per heavy atom. The molecule has 0 saturated carbocycles. The Kier molecular flexibility index (Phi) is 8.41. The average Bonchev–Trinajstić information content (AvgIpc) is 3.20. The number of benzene rings is 5. The van der Waals surface area contributed by atoms with Gasteiger partial charge in [-0.25, -0.2) is 0 Å². The van der Waals surface area contributed by atoms with Gasteiger partial charge >= 0.3 is 0 Å². The molecule has 0 amide bonds. The number of hydrogen-bond acceptors (Lipinski definition) is 4. The second-order valence-electron chi connectivity index (χ2n) is 11.5. The summed E-state index contributed by atoms with van der Waals surface area (Å²) >= 11 is 2.40. The summed E-state index contributed by atoms with van der Waals surface area (Å²) in [6.45, 7) is 8.37. The minimum absolute atomic E-state index is 0.100. The first-order valence-electron chi connectivity index (χ1n) is 15.6. The number of allylic oxidation sites excluding steroid dienone is 4. The Hall–Kier alpha value is -4.75. The zero-order valence-corrected chi connectivity index (χ0v) is 28.1. The van der Waals surface area contributed by atoms with Crippen LogP contribution >= 0.6 is 22.6 Å². The molecule has 228 valence electrons. The smallest absolute Gasteiger partial charge is 0.228 e. The Labute approximate surface area is 285 Å². The lowest BCUT2D eigenvalue weighted by Gasteiger charge is -2.34. The minimum atomic E-state index is -0.251. The Bertz CT molecular complexity index is 1950. The zero-order valence-electron chi connectivity index (χ0n) is 25.9. The molecule has 7 rings (SSSR count). The molecule has 4 nitrogen and oxygen atoms in total. The third-order valence-electron chi connectivity index (χ3n) is 8.67. The van der Waals surface area contributed by atoms with Gasteiger partial charge < -0.3 is 9.57 Å². The molecule has 0 bridgehead atoms. The van der Waals surface area contributed by atoms with E-state index in [1.807, 2.05) is 42.3 Å². The third-order valence-corrected chi connectivity index (χ3v) is 9.48. The van der Waals surface area contributed by atoms with Gasteiger partial charge in [0, 0.05) is 29.3 Å². The van der Waals surface area contributed by atoms with Gasteiger partial charge in [0.15, 0.2) is 5.76 Å². The largest absolute Gasteiger partial charge is 0.461 e. The van der Waals surface area contributed by atoms with Crippen molar-refractivity contribution in [3.8, 4) is 16.9 Å². The monoisotopic (exact) mass is 714 g/mol. The van der Waals surface area contributed by atoms with Crippen LogP contribution in [-0.4, -0.2) is 4.23 Å². The number of halogens is 1. The van der Waals surface area contributed by atoms with Gasteiger partial charge in [-0.05, 0) is 106 Å². The molecule has 5 aromatic rings. The maximum atomic E-state index is 6.66. The average molecular weight is 715 g/mol. The molecule has 46 heavy (non-hydrogen) atoms. The van der Waals surface area contributed by atoms with E-state index in [0.717, 1.165) is 57.4 Å². The van der Waals surface area contributed by atoms with Crippen molar-refractivity contribution < 1.29 is 9.57 Å². The molecule has 5 heteroatoms. The highest BCUT2D eigenvalue weighted by Gasteiger charge is 2.29. The highest BCUT2D eigenvalue weighted by molar-refractivity contribution is 14.1. The van der Waals surface area contributed by atoms with Crippen molar-refractivity contribution in [1.82, 2.24) is 0 Å². The van der Waals surface area contributed by atoms with Crippen LogP contribution in [0.25, 0.3) is 11.1 Å². The Balaban J connectivity index is 1.39. The van der Waals surface area contributed by atoms with E-state index in [2.05, 4.69) is 150 Å². The van der Waals surface area contributed by atoms with Crippen LogP contribution in [0.5, 0.6) is 5.75 Å². The summed E-state index contributed by atoms with van der Waals surface area (Å²) < 4.78 is 6.34. The number of rotatable bonds is 5. The molecule has 0 saturated heterocycles. The number of nitrogens with zero attached hydrogens (tertiary/aromatic N) is 2. The maximum absolute atomic E-state index is 6.66. The fourth-order valence-electron chi connectivity index (χ4n) is 6.36. The molecule has 2 aliphatic heterocycles. The van der Waals surface area contributed by atoms with Gasteiger partial charge in [-0.15, -0.1) is 0 Å². The van der Waals surface area contributed by atoms with Gasteiger partial charge in [0.25, 0.3) is 0 Å². The van der Waals surface area contributed by atoms with Crippen LogP contribution in [0.3, 0.4) is 0 Å². The first-order valence-corrected chi connectivity index (χ1v) is 16.8. The van der Waals surface area contributed by atoms with E-state index in [9.17, 15) is 0 Å². The number of hydrogen-bond donors (Lipinski definition) is 0. The van der Waals surface area contributed by atoms with Gasteiger partial charge in [-0.2, -0.15) is 5.06 Å². The normalized spacial score (nSPS) is 17.5. The van der Waals surface area contributed by atoms with Gasteiger partial charge in [0.2, 0.25) is 4.23 Å². The molecule has 0 fully saturated rings. The van der Waals surface area contributed by atoms with E-state index >= 15 is 0 Å². The van der Waals surface area contributed by atoms with Crippen LogP contribution in [0.2, 0.25) is 0 Å². The molecule has 0 spiro atoms. The molecule has 0 radical (unpaired) electrons. The number of anilines is 4. The summed E-state index contributed by atoms with van der Waals surface area (Å²) in [6.07, 6.45) is 6.77. The molecule has 0 N–H and O–H groups in total. The number of ether oxygens (including phenoxy) is 1. The van der Waals surface area contributed by atoms with Crippen molar-refractivity contribution in [2.24, 2.45) is 0 Å². The Morgan fingerprint density at radius 2 is 1.41 bits per heavy atom. The molecule has 0 aromatic heterocycles. The second kappa shape index (κ2) is 12.9. The molecule has 0 aliphatic carbocycles. The van der Waals surface area contributed by atoms with Crippen LogP contribution < -0.4 is 14.7 Å². The van der Waals surface area contributed by atoms with E-state index in [1.54, 1.807) is 0 Å². The summed E-state index contributed by atoms with van der Waals surface area (Å²) in [5, 5.41) is 1.94. The maximum Gasteiger partial charge on any atom is 0.228 e. The van der Waals surface area contributed by atoms with Crippen molar-refractivity contribution in [3.63, 3.8) is 0 Å². The van der Waals surface area contributed by atoms with Crippen molar-refractivity contribution in [2.75, 3.05) is 9.96 Å². The van der Waals surface area contributed by atoms with Gasteiger partial charge in [-0.1, -0.05) is 105 Å². The van der Waals surface area contributed by atoms with Gasteiger partial charge in [0.1, 0.15) is 5.75 Å². The molecule has 5 aromatic carbocycles. The molecular weight excluding hydrogens is 679 g/mol. The van der Waals surface area contributed by atoms with Crippen molar-refractivity contribution in [1.29, 1.82) is 0 Å². The summed E-state index contributed by atoms with van der Waals surface area (Å²) in [5.74, 6) is 1.77. The second-order valence-corrected chi connectivity index (χ2v) is 12.5. The minimum Gasteiger partial charge on any atom is -0.461 e. The number of para-hydroxylation sites is 3. The predicted molar refractivity (Wildman–Crippen MR) is 198 cm³/mol. The lowest BCUT2D eigenvalue weighted by molar-refractivity contribution is 0.227. The highest BCUT2D eigenvalue weighted by Crippen LogP contribution is 2.45. The fourth-order valence-corrected chi connectivity index (χ4v) is 7.26. The molecule has 2 atom stereocenters. The highest BCUT2D eigenvalue weighted by atomic mass is 127. The molecule has 2 heterocycles. The Morgan fingerprint density at radius 1 is 0.761 bits per heavy atom. The van der Waals surface area contributed by atoms with Crippen molar-refractivity contribution in [2.45, 2.75) is 30.4 Å². The number of alkyl halides is 1. The van der Waals surface area contributed by atoms with E-state index in [0.29, 0.717) is 0 Å². The van der Waals surface area contributed by atoms with Crippen LogP contribution in [-0.2, 0) is 11.3 Å². The van der Waals surface area contributed by atoms with Crippen LogP contribution in [0.15, 0.2) is 157 Å². The van der Waals surface area contributed by atoms with Gasteiger partial charge in [0.05, 0.1) is 11.4 Å². The van der Waals surface area contributed by atoms with Gasteiger partial charge in [-0.3, -0.25) is 4.90 Å². The standard InChI is InChI=1S/C41H35IN2O2/c1-4-14-36-28(3)35-24-23-30(27-38(35)44(46-39(36)5-2)34-18-10-7-11-19-34)29-21-22-31-25-32-15-12-13-20-40(32)45-41(42)43(37(31)26-29)33-16-8-6-9-17-33/h4-24,26-28,41H,2,25H2,1,3H3/b14-4-/t28?,41-/m0/s1. The van der Waals surface area contributed by atoms with Crippen LogP contribution in [0, 0.1) is 0 Å². The number of fused-ring (bicyclic) bond motifs is 3. The lowest BCUT2D eigenvalue weighted by Crippen LogP contribution is -2.33. The lowest BCUT2D eigenvalue weighted by atomic mass is 9.88. The van der Waals surface area contributed by atoms with E-state index in [-0.39, 0.29) is 10.2 Å². The SMILES string of the molecule is C=CC1=C(/C=C\C)C(C)c2ccc(-c3ccc4c(c3)N(c3ccccc3)[C@H](I)Oc3ccccc3C4)cc2N(c2ccccc2)O1. The third kappa shape index (κ3) is 5.60. The van der Waals surface area contributed by atoms with Crippen LogP contribution in [0.1, 0.15) is 36.5 Å².